The van der Waals surface area contributed by atoms with Gasteiger partial charge in [0.2, 0.25) is 12.4 Å². The molecule has 2 heterocycles. The van der Waals surface area contributed by atoms with E-state index in [1.165, 1.54) is 30.3 Å². The Morgan fingerprint density at radius 1 is 0.977 bits per heavy atom. The minimum absolute atomic E-state index is 0.0119. The molecule has 44 heavy (non-hydrogen) atoms. The lowest BCUT2D eigenvalue weighted by molar-refractivity contribution is -0.106. The molecule has 2 amide bonds. The fraction of sp³-hybridized carbons (Fsp3) is 0.250. The summed E-state index contributed by atoms with van der Waals surface area (Å²) >= 11 is 0. The number of halogens is 3. The normalized spacial score (nSPS) is 13.5. The van der Waals surface area contributed by atoms with E-state index in [1.807, 2.05) is 18.9 Å². The van der Waals surface area contributed by atoms with Crippen LogP contribution in [0.5, 0.6) is 0 Å². The molecular formula is C32H32F3N7O2. The zero-order valence-corrected chi connectivity index (χ0v) is 24.6. The number of nitrogens with one attached hydrogen (secondary N) is 2. The molecular weight excluding hydrogens is 571 g/mol. The molecule has 9 nitrogen and oxygen atoms in total. The van der Waals surface area contributed by atoms with Crippen molar-refractivity contribution in [3.8, 4) is 11.3 Å². The Morgan fingerprint density at radius 3 is 2.30 bits per heavy atom. The number of carbonyl (C=O) groups excluding carboxylic acids is 2. The van der Waals surface area contributed by atoms with E-state index >= 15 is 8.78 Å². The second-order valence-corrected chi connectivity index (χ2v) is 10.5. The zero-order valence-electron chi connectivity index (χ0n) is 24.6. The first-order valence-corrected chi connectivity index (χ1v) is 14.1. The van der Waals surface area contributed by atoms with Crippen LogP contribution in [-0.2, 0) is 11.3 Å². The summed E-state index contributed by atoms with van der Waals surface area (Å²) in [6.07, 6.45) is 0.333. The summed E-state index contributed by atoms with van der Waals surface area (Å²) in [5, 5.41) is 5.81. The van der Waals surface area contributed by atoms with Gasteiger partial charge in [-0.3, -0.25) is 14.5 Å². The summed E-state index contributed by atoms with van der Waals surface area (Å²) in [6, 6.07) is 13.9. The highest BCUT2D eigenvalue weighted by molar-refractivity contribution is 6.05. The van der Waals surface area contributed by atoms with Crippen molar-refractivity contribution in [2.45, 2.75) is 13.5 Å². The van der Waals surface area contributed by atoms with Gasteiger partial charge in [-0.1, -0.05) is 12.1 Å². The molecule has 0 radical (unpaired) electrons. The van der Waals surface area contributed by atoms with Crippen molar-refractivity contribution in [3.63, 3.8) is 0 Å². The van der Waals surface area contributed by atoms with Gasteiger partial charge in [-0.2, -0.15) is 4.98 Å². The van der Waals surface area contributed by atoms with Gasteiger partial charge in [0.05, 0.1) is 5.69 Å². The van der Waals surface area contributed by atoms with Crippen molar-refractivity contribution < 1.29 is 22.8 Å². The summed E-state index contributed by atoms with van der Waals surface area (Å²) in [4.78, 5) is 40.4. The molecule has 1 fully saturated rings. The Bertz CT molecular complexity index is 1660. The molecule has 0 spiro atoms. The largest absolute Gasteiger partial charge is 0.338 e. The summed E-state index contributed by atoms with van der Waals surface area (Å²) in [6.45, 7) is 4.66. The Balaban J connectivity index is 1.69. The maximum absolute atomic E-state index is 15.0. The van der Waals surface area contributed by atoms with Crippen LogP contribution in [0.2, 0.25) is 0 Å². The van der Waals surface area contributed by atoms with Crippen molar-refractivity contribution in [2.24, 2.45) is 0 Å². The van der Waals surface area contributed by atoms with Crippen molar-refractivity contribution in [1.82, 2.24) is 20.2 Å². The van der Waals surface area contributed by atoms with Crippen LogP contribution in [0.3, 0.4) is 0 Å². The number of piperazine rings is 1. The van der Waals surface area contributed by atoms with Crippen LogP contribution < -0.4 is 20.4 Å². The zero-order chi connectivity index (χ0) is 31.4. The van der Waals surface area contributed by atoms with Crippen LogP contribution in [0.25, 0.3) is 11.3 Å². The molecule has 1 saturated heterocycles. The van der Waals surface area contributed by atoms with E-state index in [1.54, 1.807) is 25.2 Å². The van der Waals surface area contributed by atoms with Gasteiger partial charge in [-0.05, 0) is 75.1 Å². The number of carbonyl (C=O) groups is 2. The van der Waals surface area contributed by atoms with Gasteiger partial charge in [0.1, 0.15) is 23.1 Å². The minimum Gasteiger partial charge on any atom is -0.338 e. The van der Waals surface area contributed by atoms with Crippen LogP contribution in [-0.4, -0.2) is 67.5 Å². The molecule has 0 atom stereocenters. The third kappa shape index (κ3) is 6.41. The van der Waals surface area contributed by atoms with Crippen LogP contribution in [0.4, 0.5) is 36.3 Å². The first-order chi connectivity index (χ1) is 21.2. The number of hydrogen-bond donors (Lipinski definition) is 2. The third-order valence-corrected chi connectivity index (χ3v) is 7.48. The van der Waals surface area contributed by atoms with Gasteiger partial charge >= 0.3 is 0 Å². The number of para-hydroxylation sites is 1. The molecule has 228 valence electrons. The van der Waals surface area contributed by atoms with E-state index < -0.39 is 29.0 Å². The van der Waals surface area contributed by atoms with Gasteiger partial charge in [-0.15, -0.1) is 0 Å². The van der Waals surface area contributed by atoms with E-state index in [0.29, 0.717) is 47.6 Å². The summed E-state index contributed by atoms with van der Waals surface area (Å²) in [5.41, 5.74) is 2.31. The molecule has 0 saturated carbocycles. The lowest BCUT2D eigenvalue weighted by atomic mass is 9.98. The van der Waals surface area contributed by atoms with Gasteiger partial charge in [-0.25, -0.2) is 18.2 Å². The van der Waals surface area contributed by atoms with Crippen LogP contribution in [0.1, 0.15) is 21.5 Å². The molecule has 1 aromatic heterocycles. The topological polar surface area (TPSA) is 93.7 Å². The van der Waals surface area contributed by atoms with Gasteiger partial charge in [0.25, 0.3) is 5.91 Å². The number of anilines is 4. The number of aryl methyl sites for hydroxylation is 1. The Kier molecular flexibility index (Phi) is 9.21. The van der Waals surface area contributed by atoms with E-state index in [2.05, 4.69) is 15.5 Å². The van der Waals surface area contributed by atoms with E-state index in [4.69, 9.17) is 9.97 Å². The molecule has 4 aromatic rings. The predicted octanol–water partition coefficient (Wildman–Crippen LogP) is 4.89. The molecule has 2 N–H and O–H groups in total. The monoisotopic (exact) mass is 603 g/mol. The number of likely N-dealkylation sites (N-methyl/N-ethyl adjacent to an activating group) is 1. The Hall–Kier alpha value is -4.81. The average Bonchev–Trinajstić information content (AvgIpc) is 3.01. The number of hydrogen-bond acceptors (Lipinski definition) is 7. The molecule has 1 aliphatic heterocycles. The Morgan fingerprint density at radius 2 is 1.66 bits per heavy atom. The average molecular weight is 604 g/mol. The highest BCUT2D eigenvalue weighted by Crippen LogP contribution is 2.37. The second-order valence-electron chi connectivity index (χ2n) is 10.5. The summed E-state index contributed by atoms with van der Waals surface area (Å²) < 4.78 is 43.5. The Labute approximate surface area is 253 Å². The predicted molar refractivity (Wildman–Crippen MR) is 164 cm³/mol. The number of benzene rings is 3. The van der Waals surface area contributed by atoms with Crippen molar-refractivity contribution >= 4 is 35.5 Å². The third-order valence-electron chi connectivity index (χ3n) is 7.48. The van der Waals surface area contributed by atoms with E-state index in [9.17, 15) is 14.0 Å². The van der Waals surface area contributed by atoms with Crippen LogP contribution in [0.15, 0.2) is 60.7 Å². The summed E-state index contributed by atoms with van der Waals surface area (Å²) in [5.74, 6) is -2.41. The first-order valence-electron chi connectivity index (χ1n) is 14.1. The van der Waals surface area contributed by atoms with Gasteiger partial charge < -0.3 is 20.4 Å². The number of rotatable bonds is 9. The quantitative estimate of drug-likeness (QED) is 0.263. The fourth-order valence-electron chi connectivity index (χ4n) is 5.05. The molecule has 1 aliphatic rings. The van der Waals surface area contributed by atoms with E-state index in [0.717, 1.165) is 35.7 Å². The minimum atomic E-state index is -0.926. The molecule has 12 heteroatoms. The lowest BCUT2D eigenvalue weighted by Crippen LogP contribution is -2.45. The van der Waals surface area contributed by atoms with Crippen molar-refractivity contribution in [2.75, 3.05) is 55.4 Å². The van der Waals surface area contributed by atoms with E-state index in [-0.39, 0.29) is 18.3 Å². The van der Waals surface area contributed by atoms with Gasteiger partial charge in [0, 0.05) is 55.1 Å². The maximum Gasteiger partial charge on any atom is 0.255 e. The highest BCUT2D eigenvalue weighted by atomic mass is 19.1. The van der Waals surface area contributed by atoms with Crippen molar-refractivity contribution in [3.05, 3.63) is 94.8 Å². The first kappa shape index (κ1) is 30.6. The molecule has 0 bridgehead atoms. The SMILES string of the molecule is CNCc1c(-c2cc(C(=O)Nc3ccc(F)cc3)ccc2C)nc(N2CCN(C)CC2)nc1N(C=O)c1c(F)cccc1F. The van der Waals surface area contributed by atoms with Crippen LogP contribution in [0, 0.1) is 24.4 Å². The maximum atomic E-state index is 15.0. The standard InChI is InChI=1S/C32H32F3N7O2/c1-20-7-8-21(31(44)37-23-11-9-22(33)10-12-23)17-24(20)28-25(18-36-2)30(39-32(38-28)41-15-13-40(3)14-16-41)42(19-43)29-26(34)5-4-6-27(29)35/h4-12,17,19,36H,13-16,18H2,1-3H3,(H,37,44). The molecule has 0 unspecified atom stereocenters. The molecule has 0 aliphatic carbocycles. The van der Waals surface area contributed by atoms with Crippen LogP contribution >= 0.6 is 0 Å². The lowest BCUT2D eigenvalue weighted by Gasteiger charge is -2.33. The molecule has 3 aromatic carbocycles. The summed E-state index contributed by atoms with van der Waals surface area (Å²) in [7, 11) is 3.70. The number of nitrogens with zero attached hydrogens (tertiary/aromatic N) is 5. The molecule has 5 rings (SSSR count). The highest BCUT2D eigenvalue weighted by Gasteiger charge is 2.28. The number of aromatic nitrogens is 2. The number of amides is 2. The van der Waals surface area contributed by atoms with Crippen molar-refractivity contribution in [1.29, 1.82) is 0 Å². The smallest absolute Gasteiger partial charge is 0.255 e. The fourth-order valence-corrected chi connectivity index (χ4v) is 5.05. The van der Waals surface area contributed by atoms with Gasteiger partial charge in [0.15, 0.2) is 5.82 Å². The second kappa shape index (κ2) is 13.2.